The third-order valence-electron chi connectivity index (χ3n) is 3.15. The highest BCUT2D eigenvalue weighted by Crippen LogP contribution is 2.26. The Kier molecular flexibility index (Phi) is 5.53. The molecule has 21 heavy (non-hydrogen) atoms. The molecule has 5 heteroatoms. The van der Waals surface area contributed by atoms with Gasteiger partial charge in [0.1, 0.15) is 5.75 Å². The SMILES string of the molecule is CCCNCc1cnc(Oc2cc(Cl)ccc2C)nc1C. The molecule has 0 bridgehead atoms. The zero-order valence-electron chi connectivity index (χ0n) is 12.6. The molecule has 0 unspecified atom stereocenters. The largest absolute Gasteiger partial charge is 0.424 e. The molecule has 0 saturated heterocycles. The average molecular weight is 306 g/mol. The number of nitrogens with one attached hydrogen (secondary N) is 1. The third kappa shape index (κ3) is 4.41. The molecule has 0 atom stereocenters. The van der Waals surface area contributed by atoms with Gasteiger partial charge in [0.2, 0.25) is 0 Å². The van der Waals surface area contributed by atoms with Crippen LogP contribution >= 0.6 is 11.6 Å². The van der Waals surface area contributed by atoms with Crippen molar-refractivity contribution in [1.29, 1.82) is 0 Å². The van der Waals surface area contributed by atoms with Gasteiger partial charge < -0.3 is 10.1 Å². The van der Waals surface area contributed by atoms with E-state index in [1.807, 2.05) is 26.0 Å². The highest BCUT2D eigenvalue weighted by molar-refractivity contribution is 6.30. The Morgan fingerprint density at radius 3 is 2.81 bits per heavy atom. The van der Waals surface area contributed by atoms with Crippen molar-refractivity contribution in [2.45, 2.75) is 33.7 Å². The lowest BCUT2D eigenvalue weighted by Gasteiger charge is -2.10. The fourth-order valence-electron chi connectivity index (χ4n) is 1.88. The van der Waals surface area contributed by atoms with Gasteiger partial charge in [-0.2, -0.15) is 4.98 Å². The van der Waals surface area contributed by atoms with Gasteiger partial charge in [0.05, 0.1) is 0 Å². The van der Waals surface area contributed by atoms with Crippen LogP contribution in [0, 0.1) is 13.8 Å². The predicted octanol–water partition coefficient (Wildman–Crippen LogP) is 4.04. The van der Waals surface area contributed by atoms with Crippen molar-refractivity contribution < 1.29 is 4.74 Å². The van der Waals surface area contributed by atoms with E-state index in [1.54, 1.807) is 12.3 Å². The summed E-state index contributed by atoms with van der Waals surface area (Å²) in [6.07, 6.45) is 2.91. The van der Waals surface area contributed by atoms with Gasteiger partial charge >= 0.3 is 6.01 Å². The van der Waals surface area contributed by atoms with Crippen LogP contribution < -0.4 is 10.1 Å². The highest BCUT2D eigenvalue weighted by Gasteiger charge is 2.07. The molecule has 0 aliphatic rings. The van der Waals surface area contributed by atoms with Crippen LogP contribution in [0.15, 0.2) is 24.4 Å². The molecule has 0 saturated carbocycles. The topological polar surface area (TPSA) is 47.0 Å². The highest BCUT2D eigenvalue weighted by atomic mass is 35.5. The van der Waals surface area contributed by atoms with E-state index in [9.17, 15) is 0 Å². The Morgan fingerprint density at radius 1 is 1.29 bits per heavy atom. The number of benzene rings is 1. The second-order valence-electron chi connectivity index (χ2n) is 4.95. The molecule has 0 aliphatic heterocycles. The minimum Gasteiger partial charge on any atom is -0.424 e. The van der Waals surface area contributed by atoms with Crippen LogP contribution in [0.4, 0.5) is 0 Å². The minimum absolute atomic E-state index is 0.345. The minimum atomic E-state index is 0.345. The Balaban J connectivity index is 2.11. The smallest absolute Gasteiger partial charge is 0.322 e. The number of rotatable bonds is 6. The number of ether oxygens (including phenoxy) is 1. The molecule has 1 heterocycles. The lowest BCUT2D eigenvalue weighted by atomic mass is 10.2. The molecule has 1 aromatic carbocycles. The van der Waals surface area contributed by atoms with E-state index in [2.05, 4.69) is 22.2 Å². The number of aryl methyl sites for hydroxylation is 2. The maximum atomic E-state index is 5.98. The summed E-state index contributed by atoms with van der Waals surface area (Å²) in [7, 11) is 0. The first-order chi connectivity index (χ1) is 10.1. The molecule has 0 radical (unpaired) electrons. The van der Waals surface area contributed by atoms with Crippen LogP contribution in [0.25, 0.3) is 0 Å². The predicted molar refractivity (Wildman–Crippen MR) is 85.0 cm³/mol. The van der Waals surface area contributed by atoms with Gasteiger partial charge in [-0.25, -0.2) is 4.98 Å². The molecule has 1 aromatic heterocycles. The quantitative estimate of drug-likeness (QED) is 0.818. The molecule has 1 N–H and O–H groups in total. The second kappa shape index (κ2) is 7.38. The lowest BCUT2D eigenvalue weighted by molar-refractivity contribution is 0.436. The Hall–Kier alpha value is -1.65. The van der Waals surface area contributed by atoms with Crippen molar-refractivity contribution in [3.63, 3.8) is 0 Å². The molecular weight excluding hydrogens is 286 g/mol. The number of nitrogens with zero attached hydrogens (tertiary/aromatic N) is 2. The van der Waals surface area contributed by atoms with Crippen molar-refractivity contribution in [3.8, 4) is 11.8 Å². The lowest BCUT2D eigenvalue weighted by Crippen LogP contribution is -2.15. The van der Waals surface area contributed by atoms with Gasteiger partial charge in [-0.3, -0.25) is 0 Å². The third-order valence-corrected chi connectivity index (χ3v) is 3.39. The van der Waals surface area contributed by atoms with Crippen molar-refractivity contribution in [1.82, 2.24) is 15.3 Å². The van der Waals surface area contributed by atoms with Crippen molar-refractivity contribution in [2.24, 2.45) is 0 Å². The van der Waals surface area contributed by atoms with E-state index in [4.69, 9.17) is 16.3 Å². The first-order valence-corrected chi connectivity index (χ1v) is 7.45. The molecular formula is C16H20ClN3O. The monoisotopic (exact) mass is 305 g/mol. The number of halogens is 1. The van der Waals surface area contributed by atoms with Crippen molar-refractivity contribution in [3.05, 3.63) is 46.2 Å². The van der Waals surface area contributed by atoms with E-state index >= 15 is 0 Å². The summed E-state index contributed by atoms with van der Waals surface area (Å²) in [5.74, 6) is 0.679. The van der Waals surface area contributed by atoms with Gasteiger partial charge in [0.15, 0.2) is 0 Å². The molecule has 2 aromatic rings. The summed E-state index contributed by atoms with van der Waals surface area (Å²) in [6, 6.07) is 5.86. The van der Waals surface area contributed by atoms with Crippen LogP contribution in [-0.4, -0.2) is 16.5 Å². The summed E-state index contributed by atoms with van der Waals surface area (Å²) in [4.78, 5) is 8.67. The van der Waals surface area contributed by atoms with Gasteiger partial charge in [0.25, 0.3) is 0 Å². The summed E-state index contributed by atoms with van der Waals surface area (Å²) in [5, 5.41) is 3.97. The Morgan fingerprint density at radius 2 is 2.10 bits per heavy atom. The Labute approximate surface area is 130 Å². The molecule has 0 aliphatic carbocycles. The summed E-state index contributed by atoms with van der Waals surface area (Å²) < 4.78 is 5.72. The normalized spacial score (nSPS) is 10.7. The summed E-state index contributed by atoms with van der Waals surface area (Å²) >= 11 is 5.98. The van der Waals surface area contributed by atoms with E-state index in [1.165, 1.54) is 0 Å². The van der Waals surface area contributed by atoms with Crippen LogP contribution in [0.3, 0.4) is 0 Å². The maximum absolute atomic E-state index is 5.98. The van der Waals surface area contributed by atoms with E-state index in [0.717, 1.165) is 36.3 Å². The van der Waals surface area contributed by atoms with Crippen LogP contribution in [-0.2, 0) is 6.54 Å². The van der Waals surface area contributed by atoms with Gasteiger partial charge in [0, 0.05) is 29.0 Å². The van der Waals surface area contributed by atoms with Crippen molar-refractivity contribution >= 4 is 11.6 Å². The molecule has 2 rings (SSSR count). The van der Waals surface area contributed by atoms with Gasteiger partial charge in [-0.05, 0) is 44.5 Å². The summed E-state index contributed by atoms with van der Waals surface area (Å²) in [5.41, 5.74) is 3.00. The van der Waals surface area contributed by atoms with Gasteiger partial charge in [-0.15, -0.1) is 0 Å². The number of hydrogen-bond donors (Lipinski definition) is 1. The summed E-state index contributed by atoms with van der Waals surface area (Å²) in [6.45, 7) is 7.82. The molecule has 0 amide bonds. The van der Waals surface area contributed by atoms with E-state index < -0.39 is 0 Å². The van der Waals surface area contributed by atoms with Gasteiger partial charge in [-0.1, -0.05) is 24.6 Å². The first kappa shape index (κ1) is 15.7. The molecule has 0 spiro atoms. The van der Waals surface area contributed by atoms with E-state index in [0.29, 0.717) is 16.8 Å². The van der Waals surface area contributed by atoms with Crippen LogP contribution in [0.5, 0.6) is 11.8 Å². The molecule has 112 valence electrons. The number of hydrogen-bond acceptors (Lipinski definition) is 4. The Bertz CT molecular complexity index is 616. The van der Waals surface area contributed by atoms with Crippen LogP contribution in [0.1, 0.15) is 30.2 Å². The molecule has 0 fully saturated rings. The van der Waals surface area contributed by atoms with Crippen molar-refractivity contribution in [2.75, 3.05) is 6.54 Å². The average Bonchev–Trinajstić information content (AvgIpc) is 2.45. The fraction of sp³-hybridized carbons (Fsp3) is 0.375. The molecule has 4 nitrogen and oxygen atoms in total. The number of aromatic nitrogens is 2. The van der Waals surface area contributed by atoms with Crippen LogP contribution in [0.2, 0.25) is 5.02 Å². The fourth-order valence-corrected chi connectivity index (χ4v) is 2.04. The zero-order chi connectivity index (χ0) is 15.2. The first-order valence-electron chi connectivity index (χ1n) is 7.07. The standard InChI is InChI=1S/C16H20ClN3O/c1-4-7-18-9-13-10-19-16(20-12(13)3)21-15-8-14(17)6-5-11(15)2/h5-6,8,10,18H,4,7,9H2,1-3H3. The maximum Gasteiger partial charge on any atom is 0.322 e. The van der Waals surface area contributed by atoms with E-state index in [-0.39, 0.29) is 0 Å². The second-order valence-corrected chi connectivity index (χ2v) is 5.39. The zero-order valence-corrected chi connectivity index (χ0v) is 13.4.